The Morgan fingerprint density at radius 2 is 1.76 bits per heavy atom. The molecule has 0 aromatic heterocycles. The van der Waals surface area contributed by atoms with Gasteiger partial charge < -0.3 is 10.4 Å². The first-order valence-corrected chi connectivity index (χ1v) is 9.55. The third kappa shape index (κ3) is 5.61. The first kappa shape index (κ1) is 20.6. The quantitative estimate of drug-likeness (QED) is 0.762. The van der Waals surface area contributed by atoms with E-state index in [-0.39, 0.29) is 25.1 Å². The minimum absolute atomic E-state index is 0. The summed E-state index contributed by atoms with van der Waals surface area (Å²) in [5, 5.41) is 13.7. The molecule has 0 spiro atoms. The van der Waals surface area contributed by atoms with Gasteiger partial charge in [-0.25, -0.2) is 0 Å². The van der Waals surface area contributed by atoms with E-state index in [1.54, 1.807) is 11.8 Å². The maximum absolute atomic E-state index is 9.58. The molecular weight excluding hydrogens is 375 g/mol. The van der Waals surface area contributed by atoms with E-state index in [0.717, 1.165) is 37.6 Å². The lowest BCUT2D eigenvalue weighted by Gasteiger charge is -2.35. The number of piperazine rings is 1. The minimum atomic E-state index is 0. The van der Waals surface area contributed by atoms with Crippen molar-refractivity contribution in [2.45, 2.75) is 22.3 Å². The van der Waals surface area contributed by atoms with Crippen LogP contribution in [0.2, 0.25) is 5.02 Å². The summed E-state index contributed by atoms with van der Waals surface area (Å²) in [7, 11) is 0. The van der Waals surface area contributed by atoms with Gasteiger partial charge in [0.2, 0.25) is 0 Å². The number of nitrogens with zero attached hydrogens (tertiary/aromatic N) is 1. The summed E-state index contributed by atoms with van der Waals surface area (Å²) in [6, 6.07) is 16.7. The Morgan fingerprint density at radius 3 is 2.44 bits per heavy atom. The van der Waals surface area contributed by atoms with Crippen molar-refractivity contribution >= 4 is 35.8 Å². The van der Waals surface area contributed by atoms with Gasteiger partial charge in [-0.3, -0.25) is 4.90 Å². The van der Waals surface area contributed by atoms with Crippen LogP contribution in [-0.2, 0) is 0 Å². The lowest BCUT2D eigenvalue weighted by atomic mass is 10.0. The van der Waals surface area contributed by atoms with Crippen LogP contribution >= 0.6 is 35.8 Å². The number of nitrogens with one attached hydrogen (secondary N) is 1. The number of rotatable bonds is 6. The molecule has 6 heteroatoms. The van der Waals surface area contributed by atoms with Crippen LogP contribution in [0.4, 0.5) is 0 Å². The Bertz CT molecular complexity index is 648. The fourth-order valence-electron chi connectivity index (χ4n) is 3.13. The van der Waals surface area contributed by atoms with Crippen molar-refractivity contribution in [3.8, 4) is 0 Å². The molecule has 0 radical (unpaired) electrons. The highest BCUT2D eigenvalue weighted by Crippen LogP contribution is 2.37. The second-order valence-corrected chi connectivity index (χ2v) is 7.46. The fraction of sp³-hybridized carbons (Fsp3) is 0.368. The van der Waals surface area contributed by atoms with E-state index in [4.69, 9.17) is 11.6 Å². The maximum Gasteiger partial charge on any atom is 0.0449 e. The zero-order chi connectivity index (χ0) is 16.8. The Hall–Kier alpha value is -0.750. The van der Waals surface area contributed by atoms with Crippen LogP contribution < -0.4 is 5.32 Å². The third-order valence-electron chi connectivity index (χ3n) is 4.31. The first-order valence-electron chi connectivity index (χ1n) is 8.36. The van der Waals surface area contributed by atoms with Crippen molar-refractivity contribution in [2.24, 2.45) is 0 Å². The third-order valence-corrected chi connectivity index (χ3v) is 5.67. The molecule has 3 nitrogen and oxygen atoms in total. The van der Waals surface area contributed by atoms with Crippen LogP contribution in [0.15, 0.2) is 58.3 Å². The standard InChI is InChI=1S/C19H23ClN2OS.ClH/c20-15-5-7-16(8-6-15)24-19-4-2-1-3-17(19)18(9-14-23)22-12-10-21-11-13-22;/h1-8,18,21,23H,9-14H2;1H/t18-;/m1./s1. The van der Waals surface area contributed by atoms with E-state index in [1.165, 1.54) is 15.4 Å². The molecule has 1 aliphatic heterocycles. The molecule has 2 N–H and O–H groups in total. The summed E-state index contributed by atoms with van der Waals surface area (Å²) in [6.07, 6.45) is 0.762. The van der Waals surface area contributed by atoms with Crippen LogP contribution in [0.5, 0.6) is 0 Å². The molecule has 136 valence electrons. The number of benzene rings is 2. The van der Waals surface area contributed by atoms with Gasteiger partial charge in [0.05, 0.1) is 0 Å². The molecule has 1 atom stereocenters. The molecule has 0 saturated carbocycles. The van der Waals surface area contributed by atoms with Crippen molar-refractivity contribution in [1.29, 1.82) is 0 Å². The number of aliphatic hydroxyl groups excluding tert-OH is 1. The van der Waals surface area contributed by atoms with Crippen molar-refractivity contribution in [1.82, 2.24) is 10.2 Å². The monoisotopic (exact) mass is 398 g/mol. The molecule has 1 fully saturated rings. The van der Waals surface area contributed by atoms with E-state index in [9.17, 15) is 5.11 Å². The lowest BCUT2D eigenvalue weighted by molar-refractivity contribution is 0.139. The van der Waals surface area contributed by atoms with E-state index < -0.39 is 0 Å². The second kappa shape index (κ2) is 10.4. The fourth-order valence-corrected chi connectivity index (χ4v) is 4.25. The van der Waals surface area contributed by atoms with Gasteiger partial charge in [0.25, 0.3) is 0 Å². The smallest absolute Gasteiger partial charge is 0.0449 e. The van der Waals surface area contributed by atoms with Gasteiger partial charge in [0.15, 0.2) is 0 Å². The maximum atomic E-state index is 9.58. The van der Waals surface area contributed by atoms with E-state index >= 15 is 0 Å². The van der Waals surface area contributed by atoms with Crippen molar-refractivity contribution in [3.63, 3.8) is 0 Å². The van der Waals surface area contributed by atoms with Crippen LogP contribution in [0.3, 0.4) is 0 Å². The molecular formula is C19H24Cl2N2OS. The van der Waals surface area contributed by atoms with Gasteiger partial charge in [-0.15, -0.1) is 12.4 Å². The predicted octanol–water partition coefficient (Wildman–Crippen LogP) is 4.24. The number of hydrogen-bond donors (Lipinski definition) is 2. The van der Waals surface area contributed by atoms with E-state index in [1.807, 2.05) is 12.1 Å². The Morgan fingerprint density at radius 1 is 1.08 bits per heavy atom. The molecule has 1 saturated heterocycles. The molecule has 0 aliphatic carbocycles. The largest absolute Gasteiger partial charge is 0.396 e. The Labute approximate surface area is 165 Å². The first-order chi connectivity index (χ1) is 11.8. The van der Waals surface area contributed by atoms with Gasteiger partial charge >= 0.3 is 0 Å². The van der Waals surface area contributed by atoms with Gasteiger partial charge in [0, 0.05) is 53.6 Å². The number of hydrogen-bond acceptors (Lipinski definition) is 4. The SMILES string of the molecule is Cl.OCC[C@H](c1ccccc1Sc1ccc(Cl)cc1)N1CCNCC1. The van der Waals surface area contributed by atoms with E-state index in [0.29, 0.717) is 0 Å². The summed E-state index contributed by atoms with van der Waals surface area (Å²) in [5.74, 6) is 0. The molecule has 25 heavy (non-hydrogen) atoms. The normalized spacial score (nSPS) is 16.2. The highest BCUT2D eigenvalue weighted by atomic mass is 35.5. The zero-order valence-electron chi connectivity index (χ0n) is 14.0. The molecule has 2 aromatic rings. The van der Waals surface area contributed by atoms with Crippen molar-refractivity contribution < 1.29 is 5.11 Å². The summed E-state index contributed by atoms with van der Waals surface area (Å²) >= 11 is 7.75. The molecule has 1 aliphatic rings. The van der Waals surface area contributed by atoms with E-state index in [2.05, 4.69) is 46.6 Å². The number of aliphatic hydroxyl groups is 1. The summed E-state index contributed by atoms with van der Waals surface area (Å²) in [5.41, 5.74) is 1.30. The lowest BCUT2D eigenvalue weighted by Crippen LogP contribution is -2.45. The number of halogens is 2. The average molecular weight is 399 g/mol. The summed E-state index contributed by atoms with van der Waals surface area (Å²) in [4.78, 5) is 4.90. The molecule has 2 aromatic carbocycles. The van der Waals surface area contributed by atoms with Gasteiger partial charge in [0.1, 0.15) is 0 Å². The zero-order valence-corrected chi connectivity index (χ0v) is 16.4. The Kier molecular flexibility index (Phi) is 8.56. The van der Waals surface area contributed by atoms with Crippen LogP contribution in [0.1, 0.15) is 18.0 Å². The molecule has 0 amide bonds. The Balaban J connectivity index is 0.00000225. The minimum Gasteiger partial charge on any atom is -0.396 e. The van der Waals surface area contributed by atoms with Crippen LogP contribution in [0, 0.1) is 0 Å². The highest BCUT2D eigenvalue weighted by Gasteiger charge is 2.23. The van der Waals surface area contributed by atoms with Crippen molar-refractivity contribution in [2.75, 3.05) is 32.8 Å². The van der Waals surface area contributed by atoms with Gasteiger partial charge in [-0.2, -0.15) is 0 Å². The van der Waals surface area contributed by atoms with Crippen molar-refractivity contribution in [3.05, 3.63) is 59.1 Å². The predicted molar refractivity (Wildman–Crippen MR) is 108 cm³/mol. The summed E-state index contributed by atoms with van der Waals surface area (Å²) in [6.45, 7) is 4.26. The average Bonchev–Trinajstić information content (AvgIpc) is 2.63. The highest BCUT2D eigenvalue weighted by molar-refractivity contribution is 7.99. The summed E-state index contributed by atoms with van der Waals surface area (Å²) < 4.78 is 0. The topological polar surface area (TPSA) is 35.5 Å². The molecule has 3 rings (SSSR count). The van der Waals surface area contributed by atoms with Gasteiger partial charge in [-0.05, 0) is 42.3 Å². The molecule has 0 unspecified atom stereocenters. The molecule has 1 heterocycles. The molecule has 0 bridgehead atoms. The van der Waals surface area contributed by atoms with Gasteiger partial charge in [-0.1, -0.05) is 41.6 Å². The van der Waals surface area contributed by atoms with Crippen LogP contribution in [0.25, 0.3) is 0 Å². The van der Waals surface area contributed by atoms with Crippen LogP contribution in [-0.4, -0.2) is 42.8 Å². The second-order valence-electron chi connectivity index (χ2n) is 5.91.